The zero-order valence-electron chi connectivity index (χ0n) is 17.7. The molecule has 0 aliphatic rings. The van der Waals surface area contributed by atoms with Crippen LogP contribution in [0.5, 0.6) is 5.75 Å². The Hall–Kier alpha value is -3.70. The third-order valence-corrected chi connectivity index (χ3v) is 6.59. The zero-order chi connectivity index (χ0) is 23.4. The van der Waals surface area contributed by atoms with Gasteiger partial charge in [0, 0.05) is 18.9 Å². The minimum absolute atomic E-state index is 0.0353. The summed E-state index contributed by atoms with van der Waals surface area (Å²) in [4.78, 5) is 46.1. The fraction of sp³-hybridized carbons (Fsp3) is 0.136. The summed E-state index contributed by atoms with van der Waals surface area (Å²) in [6.45, 7) is 0. The highest BCUT2D eigenvalue weighted by Crippen LogP contribution is 2.25. The predicted molar refractivity (Wildman–Crippen MR) is 129 cm³/mol. The highest BCUT2D eigenvalue weighted by Gasteiger charge is 2.16. The molecule has 4 aromatic rings. The summed E-state index contributed by atoms with van der Waals surface area (Å²) in [6.07, 6.45) is 1.22. The molecule has 0 saturated heterocycles. The predicted octanol–water partition coefficient (Wildman–Crippen LogP) is 3.38. The summed E-state index contributed by atoms with van der Waals surface area (Å²) < 4.78 is 7.31. The Morgan fingerprint density at radius 3 is 2.61 bits per heavy atom. The quantitative estimate of drug-likeness (QED) is 0.307. The Kier molecular flexibility index (Phi) is 6.71. The van der Waals surface area contributed by atoms with Crippen LogP contribution in [0.3, 0.4) is 0 Å². The summed E-state index contributed by atoms with van der Waals surface area (Å²) in [5.74, 6) is -0.153. The summed E-state index contributed by atoms with van der Waals surface area (Å²) in [5.41, 5.74) is 0.729. The van der Waals surface area contributed by atoms with E-state index in [0.717, 1.165) is 22.0 Å². The van der Waals surface area contributed by atoms with E-state index >= 15 is 0 Å². The maximum atomic E-state index is 12.7. The van der Waals surface area contributed by atoms with Crippen molar-refractivity contribution in [2.24, 2.45) is 7.05 Å². The van der Waals surface area contributed by atoms with Crippen molar-refractivity contribution in [3.63, 3.8) is 0 Å². The van der Waals surface area contributed by atoms with Crippen LogP contribution < -0.4 is 20.9 Å². The van der Waals surface area contributed by atoms with Crippen LogP contribution in [0.15, 0.2) is 64.7 Å². The second kappa shape index (κ2) is 9.84. The standard InChI is InChI=1S/C22H19N5O4S2/c1-27-20(30)15(19(29)24-13-7-9-14(31-2)10-8-13)11-23-22(27)32-12-18(28)26-21-25-16-5-3-4-6-17(16)33-21/h3-11H,12H2,1-2H3,(H,24,29)(H,25,26,28). The molecule has 0 aliphatic heterocycles. The molecule has 33 heavy (non-hydrogen) atoms. The molecule has 0 radical (unpaired) electrons. The monoisotopic (exact) mass is 481 g/mol. The highest BCUT2D eigenvalue weighted by molar-refractivity contribution is 7.99. The van der Waals surface area contributed by atoms with Crippen LogP contribution in [0.1, 0.15) is 10.4 Å². The van der Waals surface area contributed by atoms with Crippen LogP contribution in [0.4, 0.5) is 10.8 Å². The van der Waals surface area contributed by atoms with Gasteiger partial charge in [-0.15, -0.1) is 0 Å². The number of aromatic nitrogens is 3. The number of benzene rings is 2. The van der Waals surface area contributed by atoms with Crippen LogP contribution >= 0.6 is 23.1 Å². The lowest BCUT2D eigenvalue weighted by Gasteiger charge is -2.09. The molecule has 0 aliphatic carbocycles. The van der Waals surface area contributed by atoms with Gasteiger partial charge in [-0.1, -0.05) is 35.2 Å². The van der Waals surface area contributed by atoms with Crippen LogP contribution in [0.2, 0.25) is 0 Å². The first-order valence-electron chi connectivity index (χ1n) is 9.74. The molecule has 0 bridgehead atoms. The molecule has 2 aromatic heterocycles. The summed E-state index contributed by atoms with van der Waals surface area (Å²) in [5, 5.41) is 6.25. The zero-order valence-corrected chi connectivity index (χ0v) is 19.3. The number of hydrogen-bond acceptors (Lipinski definition) is 8. The average Bonchev–Trinajstić information content (AvgIpc) is 3.22. The number of anilines is 2. The van der Waals surface area contributed by atoms with Gasteiger partial charge >= 0.3 is 0 Å². The van der Waals surface area contributed by atoms with Gasteiger partial charge in [0.05, 0.1) is 23.1 Å². The molecular weight excluding hydrogens is 462 g/mol. The average molecular weight is 482 g/mol. The minimum atomic E-state index is -0.571. The maximum Gasteiger partial charge on any atom is 0.266 e. The van der Waals surface area contributed by atoms with Gasteiger partial charge in [-0.05, 0) is 36.4 Å². The van der Waals surface area contributed by atoms with Crippen molar-refractivity contribution in [2.45, 2.75) is 5.16 Å². The molecule has 0 atom stereocenters. The first kappa shape index (κ1) is 22.5. The lowest BCUT2D eigenvalue weighted by atomic mass is 10.2. The molecule has 2 heterocycles. The van der Waals surface area contributed by atoms with Crippen LogP contribution in [0, 0.1) is 0 Å². The largest absolute Gasteiger partial charge is 0.497 e. The Morgan fingerprint density at radius 1 is 1.12 bits per heavy atom. The molecular formula is C22H19N5O4S2. The fourth-order valence-electron chi connectivity index (χ4n) is 2.90. The molecule has 11 heteroatoms. The summed E-state index contributed by atoms with van der Waals surface area (Å²) >= 11 is 2.48. The maximum absolute atomic E-state index is 12.7. The number of thioether (sulfide) groups is 1. The van der Waals surface area contributed by atoms with Crippen molar-refractivity contribution >= 4 is 55.9 Å². The van der Waals surface area contributed by atoms with Gasteiger partial charge < -0.3 is 15.4 Å². The minimum Gasteiger partial charge on any atom is -0.497 e. The normalized spacial score (nSPS) is 10.7. The first-order chi connectivity index (χ1) is 15.9. The van der Waals surface area contributed by atoms with Gasteiger partial charge in [0.15, 0.2) is 10.3 Å². The van der Waals surface area contributed by atoms with Gasteiger partial charge in [-0.2, -0.15) is 0 Å². The number of hydrogen-bond donors (Lipinski definition) is 2. The number of carbonyl (C=O) groups is 2. The van der Waals surface area contributed by atoms with Crippen LogP contribution in [0.25, 0.3) is 10.2 Å². The molecule has 0 fully saturated rings. The first-order valence-corrected chi connectivity index (χ1v) is 11.5. The SMILES string of the molecule is COc1ccc(NC(=O)c2cnc(SCC(=O)Nc3nc4ccccc4s3)n(C)c2=O)cc1. The van der Waals surface area contributed by atoms with Crippen molar-refractivity contribution in [1.82, 2.24) is 14.5 Å². The van der Waals surface area contributed by atoms with Crippen molar-refractivity contribution in [3.05, 3.63) is 70.6 Å². The number of para-hydroxylation sites is 1. The van der Waals surface area contributed by atoms with Crippen LogP contribution in [-0.2, 0) is 11.8 Å². The third-order valence-electron chi connectivity index (χ3n) is 4.59. The molecule has 2 amide bonds. The van der Waals surface area contributed by atoms with E-state index in [0.29, 0.717) is 21.7 Å². The molecule has 0 spiro atoms. The van der Waals surface area contributed by atoms with Gasteiger partial charge in [-0.3, -0.25) is 19.0 Å². The number of fused-ring (bicyclic) bond motifs is 1. The number of ether oxygens (including phenoxy) is 1. The molecule has 168 valence electrons. The number of rotatable bonds is 7. The number of methoxy groups -OCH3 is 1. The number of nitrogens with zero attached hydrogens (tertiary/aromatic N) is 3. The van der Waals surface area contributed by atoms with E-state index in [1.165, 1.54) is 29.1 Å². The lowest BCUT2D eigenvalue weighted by molar-refractivity contribution is -0.113. The smallest absolute Gasteiger partial charge is 0.266 e. The number of amides is 2. The van der Waals surface area contributed by atoms with E-state index < -0.39 is 11.5 Å². The third kappa shape index (κ3) is 5.21. The summed E-state index contributed by atoms with van der Waals surface area (Å²) in [7, 11) is 3.06. The van der Waals surface area contributed by atoms with Crippen molar-refractivity contribution in [2.75, 3.05) is 23.5 Å². The highest BCUT2D eigenvalue weighted by atomic mass is 32.2. The molecule has 0 saturated carbocycles. The van der Waals surface area contributed by atoms with Gasteiger partial charge in [-0.25, -0.2) is 9.97 Å². The number of nitrogens with one attached hydrogen (secondary N) is 2. The Labute approximate surface area is 196 Å². The van der Waals surface area contributed by atoms with E-state index in [9.17, 15) is 14.4 Å². The second-order valence-corrected chi connectivity index (χ2v) is 8.80. The van der Waals surface area contributed by atoms with E-state index in [1.54, 1.807) is 31.4 Å². The topological polar surface area (TPSA) is 115 Å². The lowest BCUT2D eigenvalue weighted by Crippen LogP contribution is -2.29. The van der Waals surface area contributed by atoms with Crippen molar-refractivity contribution in [3.8, 4) is 5.75 Å². The van der Waals surface area contributed by atoms with Crippen molar-refractivity contribution in [1.29, 1.82) is 0 Å². The Balaban J connectivity index is 1.39. The Bertz CT molecular complexity index is 1350. The van der Waals surface area contributed by atoms with Crippen molar-refractivity contribution < 1.29 is 14.3 Å². The molecule has 2 N–H and O–H groups in total. The molecule has 2 aromatic carbocycles. The van der Waals surface area contributed by atoms with Gasteiger partial charge in [0.25, 0.3) is 11.5 Å². The van der Waals surface area contributed by atoms with Gasteiger partial charge in [0.1, 0.15) is 11.3 Å². The fourth-order valence-corrected chi connectivity index (χ4v) is 4.52. The number of thiazole rings is 1. The van der Waals surface area contributed by atoms with E-state index in [1.807, 2.05) is 24.3 Å². The van der Waals surface area contributed by atoms with Crippen LogP contribution in [-0.4, -0.2) is 39.2 Å². The Morgan fingerprint density at radius 2 is 1.88 bits per heavy atom. The number of carbonyl (C=O) groups excluding carboxylic acids is 2. The van der Waals surface area contributed by atoms with E-state index in [-0.39, 0.29) is 17.2 Å². The van der Waals surface area contributed by atoms with Gasteiger partial charge in [0.2, 0.25) is 5.91 Å². The summed E-state index contributed by atoms with van der Waals surface area (Å²) in [6, 6.07) is 14.3. The molecule has 9 nitrogen and oxygen atoms in total. The molecule has 4 rings (SSSR count). The van der Waals surface area contributed by atoms with E-state index in [2.05, 4.69) is 20.6 Å². The second-order valence-electron chi connectivity index (χ2n) is 6.82. The molecule has 0 unspecified atom stereocenters. The van der Waals surface area contributed by atoms with E-state index in [4.69, 9.17) is 4.74 Å².